The Morgan fingerprint density at radius 3 is 2.40 bits per heavy atom. The molecule has 10 nitrogen and oxygen atoms in total. The molecule has 0 saturated carbocycles. The molecule has 0 atom stereocenters. The average molecular weight is 419 g/mol. The van der Waals surface area contributed by atoms with Gasteiger partial charge in [0, 0.05) is 23.3 Å². The van der Waals surface area contributed by atoms with E-state index in [1.165, 1.54) is 33.5 Å². The van der Waals surface area contributed by atoms with Crippen LogP contribution in [0.25, 0.3) is 0 Å². The van der Waals surface area contributed by atoms with E-state index in [1.807, 2.05) is 0 Å². The van der Waals surface area contributed by atoms with Gasteiger partial charge in [-0.2, -0.15) is 0 Å². The Hall–Kier alpha value is -3.53. The minimum atomic E-state index is -0.531. The molecule has 2 aromatic rings. The van der Waals surface area contributed by atoms with E-state index in [0.29, 0.717) is 39.7 Å². The Morgan fingerprint density at radius 2 is 1.80 bits per heavy atom. The van der Waals surface area contributed by atoms with Crippen molar-refractivity contribution in [1.29, 1.82) is 0 Å². The second-order valence-electron chi connectivity index (χ2n) is 6.33. The van der Waals surface area contributed by atoms with E-state index < -0.39 is 10.9 Å². The van der Waals surface area contributed by atoms with Crippen LogP contribution in [0.4, 0.5) is 5.69 Å². The fourth-order valence-electron chi connectivity index (χ4n) is 3.11. The van der Waals surface area contributed by atoms with Crippen molar-refractivity contribution < 1.29 is 38.1 Å². The van der Waals surface area contributed by atoms with E-state index in [-0.39, 0.29) is 32.1 Å². The van der Waals surface area contributed by atoms with Crippen LogP contribution in [0, 0.1) is 10.1 Å². The molecule has 0 amide bonds. The first-order chi connectivity index (χ1) is 14.5. The van der Waals surface area contributed by atoms with Gasteiger partial charge in [0.05, 0.1) is 39.3 Å². The van der Waals surface area contributed by atoms with Crippen LogP contribution < -0.4 is 18.9 Å². The number of hydrogen-bond donors (Lipinski definition) is 0. The van der Waals surface area contributed by atoms with E-state index in [4.69, 9.17) is 28.4 Å². The highest BCUT2D eigenvalue weighted by atomic mass is 16.7. The number of hydrogen-bond acceptors (Lipinski definition) is 9. The summed E-state index contributed by atoms with van der Waals surface area (Å²) in [7, 11) is 4.45. The molecule has 30 heavy (non-hydrogen) atoms. The average Bonchev–Trinajstić information content (AvgIpc) is 2.76. The number of methoxy groups -OCH3 is 3. The minimum Gasteiger partial charge on any atom is -0.493 e. The van der Waals surface area contributed by atoms with E-state index in [2.05, 4.69) is 0 Å². The maximum Gasteiger partial charge on any atom is 0.310 e. The lowest BCUT2D eigenvalue weighted by Gasteiger charge is -2.20. The van der Waals surface area contributed by atoms with E-state index >= 15 is 0 Å². The van der Waals surface area contributed by atoms with Crippen molar-refractivity contribution in [1.82, 2.24) is 0 Å². The van der Waals surface area contributed by atoms with Crippen LogP contribution in [0.15, 0.2) is 24.3 Å². The molecule has 0 bridgehead atoms. The first-order valence-corrected chi connectivity index (χ1v) is 8.92. The van der Waals surface area contributed by atoms with Crippen LogP contribution in [-0.2, 0) is 33.9 Å². The second-order valence-corrected chi connectivity index (χ2v) is 6.33. The lowest BCUT2D eigenvalue weighted by Crippen LogP contribution is -2.15. The van der Waals surface area contributed by atoms with Gasteiger partial charge in [0.1, 0.15) is 12.4 Å². The highest BCUT2D eigenvalue weighted by Crippen LogP contribution is 2.38. The molecule has 1 heterocycles. The second kappa shape index (κ2) is 9.31. The largest absolute Gasteiger partial charge is 0.493 e. The normalized spacial score (nSPS) is 12.4. The zero-order valence-corrected chi connectivity index (χ0v) is 16.8. The fraction of sp³-hybridized carbons (Fsp3) is 0.350. The third-order valence-electron chi connectivity index (χ3n) is 4.44. The van der Waals surface area contributed by atoms with Crippen molar-refractivity contribution in [3.63, 3.8) is 0 Å². The Morgan fingerprint density at radius 1 is 1.10 bits per heavy atom. The summed E-state index contributed by atoms with van der Waals surface area (Å²) in [5.74, 6) is 1.16. The van der Waals surface area contributed by atoms with Crippen LogP contribution in [0.2, 0.25) is 0 Å². The first-order valence-electron chi connectivity index (χ1n) is 8.92. The zero-order valence-electron chi connectivity index (χ0n) is 16.8. The summed E-state index contributed by atoms with van der Waals surface area (Å²) in [5, 5.41) is 11.2. The summed E-state index contributed by atoms with van der Waals surface area (Å²) in [6, 6.07) is 6.02. The zero-order chi connectivity index (χ0) is 21.7. The number of rotatable bonds is 8. The first kappa shape index (κ1) is 21.2. The smallest absolute Gasteiger partial charge is 0.310 e. The molecular weight excluding hydrogens is 398 g/mol. The summed E-state index contributed by atoms with van der Waals surface area (Å²) in [6.07, 6.45) is -0.0577. The van der Waals surface area contributed by atoms with Crippen molar-refractivity contribution >= 4 is 11.7 Å². The third-order valence-corrected chi connectivity index (χ3v) is 4.44. The Labute approximate surface area is 172 Å². The number of esters is 1. The molecule has 0 unspecified atom stereocenters. The molecule has 160 valence electrons. The standard InChI is InChI=1S/C20H21NO9/c1-25-16-4-12(5-17(26-2)20(16)27-3)6-18(22)29-10-14-8-15(21(23)24)7-13-9-28-11-30-19(13)14/h4-5,7-8H,6,9-11H2,1-3H3. The molecule has 10 heteroatoms. The molecule has 0 saturated heterocycles. The van der Waals surface area contributed by atoms with Gasteiger partial charge in [0.15, 0.2) is 18.3 Å². The maximum absolute atomic E-state index is 12.4. The number of non-ortho nitro benzene ring substituents is 1. The highest BCUT2D eigenvalue weighted by molar-refractivity contribution is 5.73. The summed E-state index contributed by atoms with van der Waals surface area (Å²) >= 11 is 0. The lowest BCUT2D eigenvalue weighted by molar-refractivity contribution is -0.385. The summed E-state index contributed by atoms with van der Waals surface area (Å²) in [6.45, 7) is 0.0356. The maximum atomic E-state index is 12.4. The molecule has 0 spiro atoms. The van der Waals surface area contributed by atoms with Crippen LogP contribution in [0.3, 0.4) is 0 Å². The molecule has 0 fully saturated rings. The van der Waals surface area contributed by atoms with E-state index in [9.17, 15) is 14.9 Å². The SMILES string of the molecule is COc1cc(CC(=O)OCc2cc([N+](=O)[O-])cc3c2OCOC3)cc(OC)c1OC. The number of nitro groups is 1. The number of nitrogens with zero attached hydrogens (tertiary/aromatic N) is 1. The van der Waals surface area contributed by atoms with Gasteiger partial charge in [-0.15, -0.1) is 0 Å². The van der Waals surface area contributed by atoms with Gasteiger partial charge in [0.25, 0.3) is 5.69 Å². The fourth-order valence-corrected chi connectivity index (χ4v) is 3.11. The summed E-state index contributed by atoms with van der Waals surface area (Å²) in [4.78, 5) is 23.0. The third kappa shape index (κ3) is 4.54. The number of benzene rings is 2. The van der Waals surface area contributed by atoms with Gasteiger partial charge in [0.2, 0.25) is 5.75 Å². The molecule has 1 aliphatic heterocycles. The van der Waals surface area contributed by atoms with Crippen molar-refractivity contribution in [3.8, 4) is 23.0 Å². The van der Waals surface area contributed by atoms with Crippen molar-refractivity contribution in [2.24, 2.45) is 0 Å². The predicted octanol–water partition coefficient (Wildman–Crippen LogP) is 2.77. The van der Waals surface area contributed by atoms with Crippen molar-refractivity contribution in [2.45, 2.75) is 19.6 Å². The highest BCUT2D eigenvalue weighted by Gasteiger charge is 2.22. The van der Waals surface area contributed by atoms with Gasteiger partial charge in [-0.05, 0) is 17.7 Å². The van der Waals surface area contributed by atoms with Gasteiger partial charge >= 0.3 is 5.97 Å². The number of fused-ring (bicyclic) bond motifs is 1. The molecule has 0 aliphatic carbocycles. The molecule has 3 rings (SSSR count). The Kier molecular flexibility index (Phi) is 6.58. The predicted molar refractivity (Wildman–Crippen MR) is 103 cm³/mol. The van der Waals surface area contributed by atoms with Crippen LogP contribution in [0.1, 0.15) is 16.7 Å². The van der Waals surface area contributed by atoms with Gasteiger partial charge in [-0.1, -0.05) is 0 Å². The molecule has 0 N–H and O–H groups in total. The van der Waals surface area contributed by atoms with Crippen LogP contribution in [-0.4, -0.2) is 39.0 Å². The lowest BCUT2D eigenvalue weighted by atomic mass is 10.1. The van der Waals surface area contributed by atoms with Crippen molar-refractivity contribution in [3.05, 3.63) is 51.1 Å². The molecule has 0 radical (unpaired) electrons. The van der Waals surface area contributed by atoms with Crippen LogP contribution in [0.5, 0.6) is 23.0 Å². The Balaban J connectivity index is 1.75. The quantitative estimate of drug-likeness (QED) is 0.362. The Bertz CT molecular complexity index is 933. The van der Waals surface area contributed by atoms with E-state index in [1.54, 1.807) is 12.1 Å². The molecular formula is C20H21NO9. The monoisotopic (exact) mass is 419 g/mol. The molecule has 2 aromatic carbocycles. The number of nitro benzene ring substituents is 1. The van der Waals surface area contributed by atoms with Gasteiger partial charge in [-0.25, -0.2) is 0 Å². The summed E-state index contributed by atoms with van der Waals surface area (Å²) in [5.41, 5.74) is 1.41. The molecule has 1 aliphatic rings. The topological polar surface area (TPSA) is 116 Å². The number of carbonyl (C=O) groups excluding carboxylic acids is 1. The molecule has 0 aromatic heterocycles. The number of ether oxygens (including phenoxy) is 6. The minimum absolute atomic E-state index is 0.0250. The van der Waals surface area contributed by atoms with Gasteiger partial charge in [-0.3, -0.25) is 14.9 Å². The van der Waals surface area contributed by atoms with Crippen LogP contribution >= 0.6 is 0 Å². The van der Waals surface area contributed by atoms with E-state index in [0.717, 1.165) is 0 Å². The number of carbonyl (C=O) groups is 1. The summed E-state index contributed by atoms with van der Waals surface area (Å²) < 4.78 is 31.8. The van der Waals surface area contributed by atoms with Gasteiger partial charge < -0.3 is 28.4 Å². The van der Waals surface area contributed by atoms with Crippen molar-refractivity contribution in [2.75, 3.05) is 28.1 Å².